The van der Waals surface area contributed by atoms with E-state index in [1.807, 2.05) is 0 Å². The number of hydrogen-bond donors (Lipinski definition) is 0. The van der Waals surface area contributed by atoms with Gasteiger partial charge in [0.1, 0.15) is 0 Å². The van der Waals surface area contributed by atoms with E-state index in [4.69, 9.17) is 4.99 Å². The maximum absolute atomic E-state index is 4.75. The van der Waals surface area contributed by atoms with Gasteiger partial charge in [-0.15, -0.1) is 0 Å². The van der Waals surface area contributed by atoms with E-state index in [2.05, 4.69) is 46.7 Å². The lowest BCUT2D eigenvalue weighted by atomic mass is 9.91. The van der Waals surface area contributed by atoms with Crippen LogP contribution < -0.4 is 0 Å². The third-order valence-corrected chi connectivity index (χ3v) is 4.68. The summed E-state index contributed by atoms with van der Waals surface area (Å²) in [5.74, 6) is 1.12. The fraction of sp³-hybridized carbons (Fsp3) is 0.389. The quantitative estimate of drug-likeness (QED) is 0.825. The summed E-state index contributed by atoms with van der Waals surface area (Å²) in [6.45, 7) is 7.21. The summed E-state index contributed by atoms with van der Waals surface area (Å²) >= 11 is 0. The molecule has 21 heavy (non-hydrogen) atoms. The Balaban J connectivity index is 1.71. The average molecular weight is 279 g/mol. The van der Waals surface area contributed by atoms with E-state index in [1.165, 1.54) is 48.2 Å². The molecular weight excluding hydrogens is 258 g/mol. The molecule has 4 rings (SSSR count). The van der Waals surface area contributed by atoms with Gasteiger partial charge < -0.3 is 9.80 Å². The fourth-order valence-electron chi connectivity index (χ4n) is 3.64. The zero-order chi connectivity index (χ0) is 14.2. The molecule has 3 nitrogen and oxygen atoms in total. The highest BCUT2D eigenvalue weighted by Gasteiger charge is 2.36. The van der Waals surface area contributed by atoms with Crippen molar-refractivity contribution in [1.29, 1.82) is 0 Å². The van der Waals surface area contributed by atoms with Crippen LogP contribution in [0.1, 0.15) is 31.2 Å². The van der Waals surface area contributed by atoms with Crippen molar-refractivity contribution >= 4 is 5.96 Å². The second-order valence-electron chi connectivity index (χ2n) is 5.98. The van der Waals surface area contributed by atoms with Crippen LogP contribution in [0.15, 0.2) is 58.9 Å². The van der Waals surface area contributed by atoms with Crippen molar-refractivity contribution in [1.82, 2.24) is 9.80 Å². The fourth-order valence-corrected chi connectivity index (χ4v) is 3.64. The molecule has 1 aromatic carbocycles. The van der Waals surface area contributed by atoms with Crippen LogP contribution in [0.5, 0.6) is 0 Å². The highest BCUT2D eigenvalue weighted by Crippen LogP contribution is 2.39. The number of guanidine groups is 1. The average Bonchev–Trinajstić information content (AvgIpc) is 3.02. The highest BCUT2D eigenvalue weighted by atomic mass is 15.4. The summed E-state index contributed by atoms with van der Waals surface area (Å²) in [5, 5.41) is 0. The number of fused-ring (bicyclic) bond motifs is 2. The van der Waals surface area contributed by atoms with E-state index in [-0.39, 0.29) is 0 Å². The minimum absolute atomic E-state index is 0.867. The van der Waals surface area contributed by atoms with Crippen LogP contribution in [0.25, 0.3) is 0 Å². The van der Waals surface area contributed by atoms with E-state index in [0.717, 1.165) is 25.6 Å². The molecule has 0 saturated carbocycles. The summed E-state index contributed by atoms with van der Waals surface area (Å²) in [6.07, 6.45) is 4.95. The molecule has 2 aliphatic heterocycles. The predicted octanol–water partition coefficient (Wildman–Crippen LogP) is 3.52. The zero-order valence-corrected chi connectivity index (χ0v) is 12.4. The molecule has 0 saturated heterocycles. The first-order valence-corrected chi connectivity index (χ1v) is 7.89. The van der Waals surface area contributed by atoms with Crippen molar-refractivity contribution in [2.24, 2.45) is 4.99 Å². The molecule has 0 fully saturated rings. The third kappa shape index (κ3) is 2.08. The molecule has 1 aromatic rings. The van der Waals surface area contributed by atoms with Gasteiger partial charge in [0.25, 0.3) is 0 Å². The lowest BCUT2D eigenvalue weighted by Crippen LogP contribution is -2.45. The molecule has 0 N–H and O–H groups in total. The standard InChI is InChI=1S/C18H21N3/c1-14-16-9-5-6-10-17(16)20-12-11-19-18(20)21(14)13-15-7-3-2-4-8-15/h2-4,7-8H,1,5-6,9-13H2. The van der Waals surface area contributed by atoms with Crippen LogP contribution in [0.4, 0.5) is 0 Å². The summed E-state index contributed by atoms with van der Waals surface area (Å²) in [4.78, 5) is 9.50. The minimum Gasteiger partial charge on any atom is -0.314 e. The Labute approximate surface area is 126 Å². The normalized spacial score (nSPS) is 21.3. The Morgan fingerprint density at radius 3 is 2.76 bits per heavy atom. The number of allylic oxidation sites excluding steroid dienone is 2. The molecule has 2 heterocycles. The van der Waals surface area contributed by atoms with Gasteiger partial charge in [-0.2, -0.15) is 0 Å². The number of benzene rings is 1. The van der Waals surface area contributed by atoms with Gasteiger partial charge in [-0.1, -0.05) is 36.9 Å². The molecule has 0 amide bonds. The zero-order valence-electron chi connectivity index (χ0n) is 12.4. The summed E-state index contributed by atoms with van der Waals surface area (Å²) in [7, 11) is 0. The molecule has 0 unspecified atom stereocenters. The smallest absolute Gasteiger partial charge is 0.205 e. The van der Waals surface area contributed by atoms with Crippen LogP contribution >= 0.6 is 0 Å². The van der Waals surface area contributed by atoms with Crippen LogP contribution in [0.2, 0.25) is 0 Å². The van der Waals surface area contributed by atoms with Gasteiger partial charge in [0.05, 0.1) is 13.1 Å². The van der Waals surface area contributed by atoms with Crippen LogP contribution in [0, 0.1) is 0 Å². The van der Waals surface area contributed by atoms with E-state index < -0.39 is 0 Å². The van der Waals surface area contributed by atoms with Crippen molar-refractivity contribution in [3.05, 3.63) is 59.4 Å². The Kier molecular flexibility index (Phi) is 3.06. The molecule has 3 heteroatoms. The Hall–Kier alpha value is -2.03. The molecule has 0 bridgehead atoms. The van der Waals surface area contributed by atoms with Crippen molar-refractivity contribution < 1.29 is 0 Å². The van der Waals surface area contributed by atoms with Gasteiger partial charge in [0.2, 0.25) is 5.96 Å². The first kappa shape index (κ1) is 12.7. The van der Waals surface area contributed by atoms with E-state index in [0.29, 0.717) is 0 Å². The van der Waals surface area contributed by atoms with Crippen molar-refractivity contribution in [3.8, 4) is 0 Å². The summed E-state index contributed by atoms with van der Waals surface area (Å²) in [6, 6.07) is 10.6. The molecular formula is C18H21N3. The van der Waals surface area contributed by atoms with Gasteiger partial charge in [0.15, 0.2) is 0 Å². The van der Waals surface area contributed by atoms with E-state index in [1.54, 1.807) is 0 Å². The third-order valence-electron chi connectivity index (χ3n) is 4.68. The maximum atomic E-state index is 4.75. The van der Waals surface area contributed by atoms with Gasteiger partial charge in [-0.25, -0.2) is 0 Å². The van der Waals surface area contributed by atoms with Crippen LogP contribution in [0.3, 0.4) is 0 Å². The lowest BCUT2D eigenvalue weighted by Gasteiger charge is -2.42. The number of aliphatic imine (C=N–C) groups is 1. The Bertz CT molecular complexity index is 627. The molecule has 1 aliphatic carbocycles. The SMILES string of the molecule is C=C1C2=C(CCCC2)N2CCN=C2N1Cc1ccccc1. The Morgan fingerprint density at radius 1 is 1.10 bits per heavy atom. The molecule has 0 spiro atoms. The molecule has 108 valence electrons. The van der Waals surface area contributed by atoms with Gasteiger partial charge >= 0.3 is 0 Å². The number of nitrogens with zero attached hydrogens (tertiary/aromatic N) is 3. The molecule has 0 atom stereocenters. The maximum Gasteiger partial charge on any atom is 0.205 e. The second-order valence-corrected chi connectivity index (χ2v) is 5.98. The second kappa shape index (κ2) is 5.06. The van der Waals surface area contributed by atoms with Crippen LogP contribution in [-0.4, -0.2) is 28.8 Å². The predicted molar refractivity (Wildman–Crippen MR) is 85.6 cm³/mol. The lowest BCUT2D eigenvalue weighted by molar-refractivity contribution is 0.372. The number of rotatable bonds is 2. The number of hydrogen-bond acceptors (Lipinski definition) is 3. The van der Waals surface area contributed by atoms with E-state index >= 15 is 0 Å². The topological polar surface area (TPSA) is 18.8 Å². The molecule has 0 aromatic heterocycles. The Morgan fingerprint density at radius 2 is 1.90 bits per heavy atom. The first-order chi connectivity index (χ1) is 10.3. The molecule has 3 aliphatic rings. The minimum atomic E-state index is 0.867. The summed E-state index contributed by atoms with van der Waals surface area (Å²) < 4.78 is 0. The first-order valence-electron chi connectivity index (χ1n) is 7.89. The van der Waals surface area contributed by atoms with Gasteiger partial charge in [-0.3, -0.25) is 4.99 Å². The monoisotopic (exact) mass is 279 g/mol. The van der Waals surface area contributed by atoms with Gasteiger partial charge in [0, 0.05) is 17.9 Å². The molecule has 0 radical (unpaired) electrons. The van der Waals surface area contributed by atoms with Crippen molar-refractivity contribution in [2.75, 3.05) is 13.1 Å². The summed E-state index contributed by atoms with van der Waals surface area (Å²) in [5.41, 5.74) is 5.45. The van der Waals surface area contributed by atoms with E-state index in [9.17, 15) is 0 Å². The van der Waals surface area contributed by atoms with Crippen molar-refractivity contribution in [3.63, 3.8) is 0 Å². The van der Waals surface area contributed by atoms with Crippen LogP contribution in [-0.2, 0) is 6.54 Å². The largest absolute Gasteiger partial charge is 0.314 e. The van der Waals surface area contributed by atoms with Gasteiger partial charge in [-0.05, 0) is 36.8 Å². The van der Waals surface area contributed by atoms with Crippen molar-refractivity contribution in [2.45, 2.75) is 32.2 Å². The highest BCUT2D eigenvalue weighted by molar-refractivity contribution is 5.87.